The van der Waals surface area contributed by atoms with Gasteiger partial charge in [0.05, 0.1) is 19.8 Å². The van der Waals surface area contributed by atoms with Crippen molar-refractivity contribution in [3.8, 4) is 11.8 Å². The molecule has 3 rings (SSSR count). The van der Waals surface area contributed by atoms with Crippen molar-refractivity contribution < 1.29 is 18.8 Å². The van der Waals surface area contributed by atoms with Crippen LogP contribution in [0.4, 0.5) is 5.88 Å². The monoisotopic (exact) mass is 421 g/mol. The second-order valence-electron chi connectivity index (χ2n) is 6.03. The molecule has 0 saturated carbocycles. The minimum absolute atomic E-state index is 0.177. The molecule has 1 aromatic carbocycles. The zero-order chi connectivity index (χ0) is 18.2. The fourth-order valence-electron chi connectivity index (χ4n) is 2.75. The van der Waals surface area contributed by atoms with Crippen LogP contribution in [0.25, 0.3) is 0 Å². The molecule has 0 bridgehead atoms. The van der Waals surface area contributed by atoms with Gasteiger partial charge in [0.1, 0.15) is 24.9 Å². The summed E-state index contributed by atoms with van der Waals surface area (Å²) in [7, 11) is 0. The standard InChI is InChI=1S/C18H21BrN4O3/c19-14-2-4-15(5-3-14)25-13-17-22-16(12-20)18(26-17)21-6-1-7-23-8-10-24-11-9-23/h2-5,21H,1,6-11,13H2/p+1. The molecule has 138 valence electrons. The second kappa shape index (κ2) is 9.57. The Morgan fingerprint density at radius 2 is 2.04 bits per heavy atom. The number of hydrogen-bond donors (Lipinski definition) is 2. The largest absolute Gasteiger partial charge is 0.484 e. The molecule has 2 aromatic rings. The van der Waals surface area contributed by atoms with Crippen molar-refractivity contribution in [2.24, 2.45) is 0 Å². The van der Waals surface area contributed by atoms with E-state index < -0.39 is 0 Å². The topological polar surface area (TPSA) is 84.8 Å². The van der Waals surface area contributed by atoms with Crippen molar-refractivity contribution in [1.29, 1.82) is 5.26 Å². The van der Waals surface area contributed by atoms with Crippen LogP contribution >= 0.6 is 15.9 Å². The maximum absolute atomic E-state index is 9.23. The molecule has 2 heterocycles. The molecule has 7 nitrogen and oxygen atoms in total. The fraction of sp³-hybridized carbons (Fsp3) is 0.444. The van der Waals surface area contributed by atoms with E-state index in [9.17, 15) is 5.26 Å². The number of morpholine rings is 1. The molecule has 2 N–H and O–H groups in total. The summed E-state index contributed by atoms with van der Waals surface area (Å²) in [5, 5.41) is 12.4. The highest BCUT2D eigenvalue weighted by Crippen LogP contribution is 2.20. The molecular weight excluding hydrogens is 400 g/mol. The number of nitrogens with zero attached hydrogens (tertiary/aromatic N) is 2. The van der Waals surface area contributed by atoms with E-state index in [0.29, 0.717) is 17.5 Å². The number of quaternary nitrogens is 1. The van der Waals surface area contributed by atoms with E-state index in [4.69, 9.17) is 13.9 Å². The van der Waals surface area contributed by atoms with E-state index in [1.54, 1.807) is 4.90 Å². The Hall–Kier alpha value is -2.08. The van der Waals surface area contributed by atoms with Crippen molar-refractivity contribution in [3.05, 3.63) is 40.3 Å². The molecule has 0 unspecified atom stereocenters. The molecule has 1 fully saturated rings. The maximum Gasteiger partial charge on any atom is 0.236 e. The lowest BCUT2D eigenvalue weighted by Gasteiger charge is -2.23. The lowest BCUT2D eigenvalue weighted by Crippen LogP contribution is -3.14. The Balaban J connectivity index is 1.46. The summed E-state index contributed by atoms with van der Waals surface area (Å²) < 4.78 is 17.6. The van der Waals surface area contributed by atoms with Gasteiger partial charge in [-0.3, -0.25) is 0 Å². The summed E-state index contributed by atoms with van der Waals surface area (Å²) in [5.74, 6) is 1.51. The van der Waals surface area contributed by atoms with Gasteiger partial charge in [0.15, 0.2) is 6.61 Å². The molecule has 1 aliphatic rings. The van der Waals surface area contributed by atoms with Gasteiger partial charge >= 0.3 is 0 Å². The predicted molar refractivity (Wildman–Crippen MR) is 99.2 cm³/mol. The van der Waals surface area contributed by atoms with Gasteiger partial charge in [-0.25, -0.2) is 0 Å². The quantitative estimate of drug-likeness (QED) is 0.629. The van der Waals surface area contributed by atoms with Crippen LogP contribution in [0.15, 0.2) is 33.2 Å². The number of benzene rings is 1. The fourth-order valence-corrected chi connectivity index (χ4v) is 3.01. The summed E-state index contributed by atoms with van der Waals surface area (Å²) >= 11 is 3.38. The minimum Gasteiger partial charge on any atom is -0.484 e. The van der Waals surface area contributed by atoms with Crippen LogP contribution < -0.4 is 15.0 Å². The Morgan fingerprint density at radius 1 is 1.27 bits per heavy atom. The van der Waals surface area contributed by atoms with E-state index in [-0.39, 0.29) is 12.3 Å². The van der Waals surface area contributed by atoms with Crippen LogP contribution in [-0.4, -0.2) is 44.4 Å². The Labute approximate surface area is 161 Å². The molecule has 0 amide bonds. The number of oxazole rings is 1. The first-order valence-corrected chi connectivity index (χ1v) is 9.47. The first-order chi connectivity index (χ1) is 12.7. The zero-order valence-corrected chi connectivity index (χ0v) is 16.0. The Morgan fingerprint density at radius 3 is 2.77 bits per heavy atom. The lowest BCUT2D eigenvalue weighted by molar-refractivity contribution is -0.908. The van der Waals surface area contributed by atoms with Gasteiger partial charge in [-0.15, -0.1) is 0 Å². The van der Waals surface area contributed by atoms with E-state index in [0.717, 1.165) is 50.3 Å². The molecule has 26 heavy (non-hydrogen) atoms. The van der Waals surface area contributed by atoms with Crippen molar-refractivity contribution in [1.82, 2.24) is 4.98 Å². The smallest absolute Gasteiger partial charge is 0.236 e. The molecule has 0 radical (unpaired) electrons. The molecule has 1 aliphatic heterocycles. The number of ether oxygens (including phenoxy) is 2. The highest BCUT2D eigenvalue weighted by atomic mass is 79.9. The van der Waals surface area contributed by atoms with Crippen molar-refractivity contribution in [3.63, 3.8) is 0 Å². The maximum atomic E-state index is 9.23. The van der Waals surface area contributed by atoms with Gasteiger partial charge < -0.3 is 24.1 Å². The predicted octanol–water partition coefficient (Wildman–Crippen LogP) is 1.60. The van der Waals surface area contributed by atoms with Gasteiger partial charge in [-0.1, -0.05) is 15.9 Å². The molecule has 1 saturated heterocycles. The summed E-state index contributed by atoms with van der Waals surface area (Å²) in [4.78, 5) is 5.74. The first kappa shape index (κ1) is 18.7. The Kier molecular flexibility index (Phi) is 6.89. The first-order valence-electron chi connectivity index (χ1n) is 8.68. The molecule has 0 aliphatic carbocycles. The third-order valence-electron chi connectivity index (χ3n) is 4.15. The second-order valence-corrected chi connectivity index (χ2v) is 6.95. The van der Waals surface area contributed by atoms with Crippen molar-refractivity contribution in [2.45, 2.75) is 13.0 Å². The zero-order valence-electron chi connectivity index (χ0n) is 14.5. The highest BCUT2D eigenvalue weighted by Gasteiger charge is 2.15. The molecular formula is C18H22BrN4O3+. The summed E-state index contributed by atoms with van der Waals surface area (Å²) in [6.45, 7) is 5.78. The van der Waals surface area contributed by atoms with Gasteiger partial charge in [0.2, 0.25) is 17.5 Å². The minimum atomic E-state index is 0.177. The number of halogens is 1. The molecule has 0 spiro atoms. The van der Waals surface area contributed by atoms with Gasteiger partial charge in [-0.2, -0.15) is 10.2 Å². The van der Waals surface area contributed by atoms with E-state index in [1.165, 1.54) is 0 Å². The summed E-state index contributed by atoms with van der Waals surface area (Å²) in [5.41, 5.74) is 0.262. The van der Waals surface area contributed by atoms with E-state index >= 15 is 0 Å². The Bertz CT molecular complexity index is 736. The lowest BCUT2D eigenvalue weighted by atomic mass is 10.3. The van der Waals surface area contributed by atoms with Crippen LogP contribution in [0, 0.1) is 11.3 Å². The number of nitrogens with one attached hydrogen (secondary N) is 2. The number of anilines is 1. The highest BCUT2D eigenvalue weighted by molar-refractivity contribution is 9.10. The van der Waals surface area contributed by atoms with Crippen LogP contribution in [-0.2, 0) is 11.3 Å². The summed E-state index contributed by atoms with van der Waals surface area (Å²) in [6.07, 6.45) is 0.992. The number of hydrogen-bond acceptors (Lipinski definition) is 6. The third kappa shape index (κ3) is 5.46. The van der Waals surface area contributed by atoms with Gasteiger partial charge in [-0.05, 0) is 24.3 Å². The number of rotatable bonds is 8. The number of nitriles is 1. The third-order valence-corrected chi connectivity index (χ3v) is 4.67. The van der Waals surface area contributed by atoms with Crippen LogP contribution in [0.5, 0.6) is 5.75 Å². The van der Waals surface area contributed by atoms with Crippen LogP contribution in [0.1, 0.15) is 18.0 Å². The molecule has 0 atom stereocenters. The SMILES string of the molecule is N#Cc1nc(COc2ccc(Br)cc2)oc1NCCC[NH+]1CCOCC1. The average Bonchev–Trinajstić information content (AvgIpc) is 3.08. The van der Waals surface area contributed by atoms with E-state index in [1.807, 2.05) is 24.3 Å². The average molecular weight is 422 g/mol. The van der Waals surface area contributed by atoms with Crippen LogP contribution in [0.2, 0.25) is 0 Å². The number of aromatic nitrogens is 1. The normalized spacial score (nSPS) is 14.8. The summed E-state index contributed by atoms with van der Waals surface area (Å²) in [6, 6.07) is 9.56. The van der Waals surface area contributed by atoms with E-state index in [2.05, 4.69) is 32.3 Å². The molecule has 1 aromatic heterocycles. The van der Waals surface area contributed by atoms with Gasteiger partial charge in [0.25, 0.3) is 0 Å². The molecule has 8 heteroatoms. The van der Waals surface area contributed by atoms with Crippen LogP contribution in [0.3, 0.4) is 0 Å². The van der Waals surface area contributed by atoms with Crippen molar-refractivity contribution in [2.75, 3.05) is 44.7 Å². The van der Waals surface area contributed by atoms with Gasteiger partial charge in [0, 0.05) is 17.4 Å². The van der Waals surface area contributed by atoms with Crippen molar-refractivity contribution >= 4 is 21.8 Å².